The summed E-state index contributed by atoms with van der Waals surface area (Å²) in [7, 11) is 5.31. The van der Waals surface area contributed by atoms with E-state index < -0.39 is 6.03 Å². The molecule has 0 unspecified atom stereocenters. The number of likely N-dealkylation sites (N-methyl/N-ethyl adjacent to an activating group) is 2. The minimum absolute atomic E-state index is 0.0785. The van der Waals surface area contributed by atoms with Crippen LogP contribution in [0.5, 0.6) is 5.75 Å². The van der Waals surface area contributed by atoms with Gasteiger partial charge in [0.1, 0.15) is 47.1 Å². The summed E-state index contributed by atoms with van der Waals surface area (Å²) in [6, 6.07) is 6.49. The van der Waals surface area contributed by atoms with Gasteiger partial charge in [-0.1, -0.05) is 6.07 Å². The van der Waals surface area contributed by atoms with Crippen molar-refractivity contribution in [1.82, 2.24) is 19.8 Å². The fourth-order valence-electron chi connectivity index (χ4n) is 3.80. The van der Waals surface area contributed by atoms with Crippen LogP contribution in [-0.4, -0.2) is 98.5 Å². The van der Waals surface area contributed by atoms with Crippen LogP contribution in [0.4, 0.5) is 16.4 Å². The molecule has 38 heavy (non-hydrogen) atoms. The molecule has 1 saturated heterocycles. The highest BCUT2D eigenvalue weighted by atomic mass is 16.5. The molecular weight excluding hydrogens is 490 g/mol. The summed E-state index contributed by atoms with van der Waals surface area (Å²) in [5.41, 5.74) is 1.23. The number of nitrogens with one attached hydrogen (secondary N) is 1. The van der Waals surface area contributed by atoms with Gasteiger partial charge in [0.15, 0.2) is 6.29 Å². The van der Waals surface area contributed by atoms with Crippen molar-refractivity contribution < 1.29 is 23.9 Å². The van der Waals surface area contributed by atoms with Crippen LogP contribution >= 0.6 is 0 Å². The fraction of sp³-hybridized carbons (Fsp3) is 0.462. The molecule has 0 radical (unpaired) electrons. The molecule has 0 aliphatic carbocycles. The second kappa shape index (κ2) is 14.1. The molecule has 0 bridgehead atoms. The molecule has 1 fully saturated rings. The normalized spacial score (nSPS) is 13.7. The second-order valence-corrected chi connectivity index (χ2v) is 9.09. The number of hydrogen-bond donors (Lipinski definition) is 1. The largest absolute Gasteiger partial charge is 0.489 e. The number of ether oxygens (including phenoxy) is 2. The number of hydrogen-bond acceptors (Lipinski definition) is 10. The minimum Gasteiger partial charge on any atom is -0.489 e. The maximum atomic E-state index is 12.9. The minimum atomic E-state index is -0.522. The van der Waals surface area contributed by atoms with Crippen LogP contribution in [0.1, 0.15) is 34.5 Å². The summed E-state index contributed by atoms with van der Waals surface area (Å²) < 4.78 is 11.3. The van der Waals surface area contributed by atoms with Gasteiger partial charge < -0.3 is 19.2 Å². The van der Waals surface area contributed by atoms with Crippen molar-refractivity contribution in [2.24, 2.45) is 0 Å². The van der Waals surface area contributed by atoms with Gasteiger partial charge in [0.2, 0.25) is 0 Å². The Bertz CT molecular complexity index is 1160. The quantitative estimate of drug-likeness (QED) is 0.410. The van der Waals surface area contributed by atoms with E-state index in [0.29, 0.717) is 64.3 Å². The van der Waals surface area contributed by atoms with E-state index in [1.54, 1.807) is 12.1 Å². The average molecular weight is 524 g/mol. The lowest BCUT2D eigenvalue weighted by Gasteiger charge is -2.24. The summed E-state index contributed by atoms with van der Waals surface area (Å²) in [6.07, 6.45) is 4.23. The first kappa shape index (κ1) is 28.6. The molecule has 0 saturated carbocycles. The molecule has 3 heterocycles. The maximum absolute atomic E-state index is 12.9. The third kappa shape index (κ3) is 8.04. The van der Waals surface area contributed by atoms with Gasteiger partial charge in [-0.2, -0.15) is 5.26 Å². The SMILES string of the molecule is CN(CC=O)CCN(C)Cc1ccc(N(C)C(=O)Nc2cc(OC3CCOCC3)c(C#N)cn2)nc1C=O. The number of nitriles is 1. The van der Waals surface area contributed by atoms with E-state index in [2.05, 4.69) is 21.4 Å². The Morgan fingerprint density at radius 2 is 1.95 bits per heavy atom. The predicted molar refractivity (Wildman–Crippen MR) is 140 cm³/mol. The van der Waals surface area contributed by atoms with Gasteiger partial charge in [-0.15, -0.1) is 0 Å². The third-order valence-corrected chi connectivity index (χ3v) is 6.13. The number of urea groups is 1. The molecule has 3 rings (SSSR count). The maximum Gasteiger partial charge on any atom is 0.328 e. The molecule has 2 aromatic rings. The summed E-state index contributed by atoms with van der Waals surface area (Å²) in [5, 5.41) is 12.1. The molecule has 2 amide bonds. The van der Waals surface area contributed by atoms with Crippen molar-refractivity contribution in [2.75, 3.05) is 64.2 Å². The van der Waals surface area contributed by atoms with Crippen molar-refractivity contribution in [3.05, 3.63) is 41.2 Å². The zero-order chi connectivity index (χ0) is 27.5. The highest BCUT2D eigenvalue weighted by Crippen LogP contribution is 2.25. The Hall–Kier alpha value is -3.92. The predicted octanol–water partition coefficient (Wildman–Crippen LogP) is 1.95. The number of aldehydes is 2. The number of pyridine rings is 2. The van der Waals surface area contributed by atoms with Crippen molar-refractivity contribution in [3.63, 3.8) is 0 Å². The van der Waals surface area contributed by atoms with Gasteiger partial charge in [0.05, 0.1) is 26.0 Å². The van der Waals surface area contributed by atoms with Crippen LogP contribution in [0.2, 0.25) is 0 Å². The Morgan fingerprint density at radius 3 is 2.63 bits per heavy atom. The van der Waals surface area contributed by atoms with E-state index in [-0.39, 0.29) is 29.0 Å². The Morgan fingerprint density at radius 1 is 1.21 bits per heavy atom. The highest BCUT2D eigenvalue weighted by Gasteiger charge is 2.20. The van der Waals surface area contributed by atoms with E-state index in [4.69, 9.17) is 9.47 Å². The fourth-order valence-corrected chi connectivity index (χ4v) is 3.80. The lowest BCUT2D eigenvalue weighted by molar-refractivity contribution is -0.108. The van der Waals surface area contributed by atoms with Gasteiger partial charge in [-0.05, 0) is 25.7 Å². The first-order chi connectivity index (χ1) is 18.3. The van der Waals surface area contributed by atoms with Crippen LogP contribution in [-0.2, 0) is 16.1 Å². The first-order valence-electron chi connectivity index (χ1n) is 12.3. The molecule has 0 spiro atoms. The van der Waals surface area contributed by atoms with Crippen molar-refractivity contribution in [1.29, 1.82) is 5.26 Å². The molecule has 202 valence electrons. The van der Waals surface area contributed by atoms with E-state index in [0.717, 1.165) is 11.8 Å². The standard InChI is InChI=1S/C26H33N7O5/c1-31(10-11-34)8-9-32(2)17-19-4-5-25(29-22(19)18-35)33(3)26(36)30-24-14-23(20(15-27)16-28-24)38-21-6-12-37-13-7-21/h4-5,11,14,16,18,21H,6-10,12-13,17H2,1-3H3,(H,28,30,36). The summed E-state index contributed by atoms with van der Waals surface area (Å²) >= 11 is 0. The van der Waals surface area contributed by atoms with Crippen LogP contribution in [0.15, 0.2) is 24.4 Å². The van der Waals surface area contributed by atoms with Crippen molar-refractivity contribution in [2.45, 2.75) is 25.5 Å². The number of carbonyl (C=O) groups is 3. The van der Waals surface area contributed by atoms with E-state index in [1.807, 2.05) is 23.9 Å². The zero-order valence-electron chi connectivity index (χ0n) is 21.9. The number of anilines is 2. The van der Waals surface area contributed by atoms with Crippen molar-refractivity contribution >= 4 is 30.2 Å². The summed E-state index contributed by atoms with van der Waals surface area (Å²) in [6.45, 7) is 3.43. The lowest BCUT2D eigenvalue weighted by atomic mass is 10.1. The van der Waals surface area contributed by atoms with Gasteiger partial charge >= 0.3 is 6.03 Å². The molecule has 2 aromatic heterocycles. The molecule has 1 N–H and O–H groups in total. The number of carbonyl (C=O) groups excluding carboxylic acids is 3. The molecule has 12 heteroatoms. The van der Waals surface area contributed by atoms with Crippen LogP contribution in [0.3, 0.4) is 0 Å². The topological polar surface area (TPSA) is 141 Å². The number of amides is 2. The number of aromatic nitrogens is 2. The van der Waals surface area contributed by atoms with Gasteiger partial charge in [0, 0.05) is 45.6 Å². The van der Waals surface area contributed by atoms with Crippen molar-refractivity contribution in [3.8, 4) is 11.8 Å². The van der Waals surface area contributed by atoms with Gasteiger partial charge in [-0.3, -0.25) is 19.9 Å². The van der Waals surface area contributed by atoms with Crippen LogP contribution in [0.25, 0.3) is 0 Å². The zero-order valence-corrected chi connectivity index (χ0v) is 21.9. The Labute approximate surface area is 222 Å². The average Bonchev–Trinajstić information content (AvgIpc) is 2.92. The molecule has 0 atom stereocenters. The monoisotopic (exact) mass is 523 g/mol. The summed E-state index contributed by atoms with van der Waals surface area (Å²) in [5.74, 6) is 0.852. The van der Waals surface area contributed by atoms with E-state index in [9.17, 15) is 19.6 Å². The lowest BCUT2D eigenvalue weighted by Crippen LogP contribution is -2.33. The smallest absolute Gasteiger partial charge is 0.328 e. The highest BCUT2D eigenvalue weighted by molar-refractivity contribution is 6.00. The molecule has 12 nitrogen and oxygen atoms in total. The van der Waals surface area contributed by atoms with E-state index >= 15 is 0 Å². The Balaban J connectivity index is 1.65. The summed E-state index contributed by atoms with van der Waals surface area (Å²) in [4.78, 5) is 49.0. The third-order valence-electron chi connectivity index (χ3n) is 6.13. The number of nitrogens with zero attached hydrogens (tertiary/aromatic N) is 6. The van der Waals surface area contributed by atoms with Gasteiger partial charge in [-0.25, -0.2) is 14.8 Å². The van der Waals surface area contributed by atoms with Gasteiger partial charge in [0.25, 0.3) is 0 Å². The molecule has 1 aliphatic rings. The number of rotatable bonds is 12. The Kier molecular flexibility index (Phi) is 10.7. The molecular formula is C26H33N7O5. The van der Waals surface area contributed by atoms with E-state index in [1.165, 1.54) is 24.2 Å². The second-order valence-electron chi connectivity index (χ2n) is 9.09. The van der Waals surface area contributed by atoms with Crippen LogP contribution in [0, 0.1) is 11.3 Å². The van der Waals surface area contributed by atoms with Crippen LogP contribution < -0.4 is 15.0 Å². The first-order valence-corrected chi connectivity index (χ1v) is 12.3. The molecule has 0 aromatic carbocycles. The molecule has 1 aliphatic heterocycles.